The van der Waals surface area contributed by atoms with Crippen LogP contribution in [0.2, 0.25) is 0 Å². The zero-order chi connectivity index (χ0) is 41.4. The topological polar surface area (TPSA) is 43.9 Å². The number of allylic oxidation sites excluding steroid dienone is 1. The van der Waals surface area contributed by atoms with Gasteiger partial charge in [-0.25, -0.2) is 0 Å². The maximum Gasteiger partial charge on any atom is 0.135 e. The molecular formula is C58H37N3OS. The van der Waals surface area contributed by atoms with E-state index in [4.69, 9.17) is 4.42 Å². The first-order valence-corrected chi connectivity index (χ1v) is 22.3. The van der Waals surface area contributed by atoms with Crippen LogP contribution in [0.15, 0.2) is 205 Å². The van der Waals surface area contributed by atoms with Crippen LogP contribution in [0.4, 0.5) is 0 Å². The van der Waals surface area contributed by atoms with E-state index in [1.165, 1.54) is 59.0 Å². The van der Waals surface area contributed by atoms with Crippen LogP contribution < -0.4 is 0 Å². The van der Waals surface area contributed by atoms with Crippen molar-refractivity contribution in [3.8, 4) is 50.5 Å². The lowest BCUT2D eigenvalue weighted by molar-refractivity contribution is 0.669. The summed E-state index contributed by atoms with van der Waals surface area (Å²) in [6.45, 7) is 0. The predicted octanol–water partition coefficient (Wildman–Crippen LogP) is 15.7. The molecule has 0 bridgehead atoms. The van der Waals surface area contributed by atoms with Gasteiger partial charge in [0.15, 0.2) is 0 Å². The highest BCUT2D eigenvalue weighted by Gasteiger charge is 2.23. The van der Waals surface area contributed by atoms with E-state index in [-0.39, 0.29) is 5.92 Å². The molecule has 0 N–H and O–H groups in total. The number of fused-ring (bicyclic) bond motifs is 9. The van der Waals surface area contributed by atoms with Gasteiger partial charge in [0.1, 0.15) is 11.2 Å². The predicted molar refractivity (Wildman–Crippen MR) is 263 cm³/mol. The van der Waals surface area contributed by atoms with E-state index in [2.05, 4.69) is 190 Å². The van der Waals surface area contributed by atoms with E-state index in [0.29, 0.717) is 0 Å². The number of nitrogens with zero attached hydrogens (tertiary/aromatic N) is 3. The second-order valence-electron chi connectivity index (χ2n) is 16.5. The van der Waals surface area contributed by atoms with Crippen LogP contribution in [0.3, 0.4) is 0 Å². The molecule has 0 aliphatic heterocycles. The van der Waals surface area contributed by atoms with Gasteiger partial charge in [-0.3, -0.25) is 9.97 Å². The third-order valence-corrected chi connectivity index (χ3v) is 14.1. The Labute approximate surface area is 367 Å². The SMILES string of the molecule is C1=CC(c2ccc3c(c2)c2ccccc2n3-c2ccc3oc4ccc(-c5ccccc5-c5ccccn5)cc4c3c2)Cc2c1sc1ccc(-c3ccccc3-c3ccccn3)cc21. The highest BCUT2D eigenvalue weighted by molar-refractivity contribution is 7.20. The molecule has 12 aromatic rings. The molecule has 63 heavy (non-hydrogen) atoms. The van der Waals surface area contributed by atoms with Crippen LogP contribution in [0.5, 0.6) is 0 Å². The molecule has 5 heterocycles. The molecule has 0 fully saturated rings. The normalized spacial score (nSPS) is 13.7. The molecule has 1 aliphatic carbocycles. The molecule has 1 atom stereocenters. The number of hydrogen-bond acceptors (Lipinski definition) is 4. The Balaban J connectivity index is 0.880. The third kappa shape index (κ3) is 5.89. The standard InChI is InChI=1S/C58H37N3OS/c1-3-13-43(51-16-7-9-29-59-51)41(11-1)38-20-25-55-47(33-38)48-35-40(23-26-56(48)62-55)61-53-18-6-5-15-45(53)46-31-36(19-24-54(46)61)37-21-27-57-49(32-37)50-34-39(22-28-58(50)63-57)42-12-2-4-14-44(42)52-17-8-10-30-60-52/h1-31,33-35,37H,32H2. The van der Waals surface area contributed by atoms with Crippen molar-refractivity contribution in [1.82, 2.24) is 14.5 Å². The van der Waals surface area contributed by atoms with Gasteiger partial charge in [0, 0.05) is 66.2 Å². The lowest BCUT2D eigenvalue weighted by atomic mass is 9.86. The van der Waals surface area contributed by atoms with E-state index in [1.807, 2.05) is 41.9 Å². The largest absolute Gasteiger partial charge is 0.456 e. The molecule has 0 spiro atoms. The number of rotatable bonds is 6. The number of aromatic nitrogens is 3. The summed E-state index contributed by atoms with van der Waals surface area (Å²) >= 11 is 1.90. The average Bonchev–Trinajstić information content (AvgIpc) is 4.02. The zero-order valence-electron chi connectivity index (χ0n) is 34.1. The number of para-hydroxylation sites is 1. The number of pyridine rings is 2. The summed E-state index contributed by atoms with van der Waals surface area (Å²) in [4.78, 5) is 10.7. The van der Waals surface area contributed by atoms with Crippen molar-refractivity contribution in [2.75, 3.05) is 0 Å². The van der Waals surface area contributed by atoms with Crippen molar-refractivity contribution >= 4 is 71.2 Å². The van der Waals surface area contributed by atoms with Crippen LogP contribution in [-0.4, -0.2) is 14.5 Å². The molecule has 7 aromatic carbocycles. The minimum atomic E-state index is 0.261. The van der Waals surface area contributed by atoms with Crippen LogP contribution in [0.1, 0.15) is 21.9 Å². The quantitative estimate of drug-likeness (QED) is 0.168. The Morgan fingerprint density at radius 3 is 1.84 bits per heavy atom. The van der Waals surface area contributed by atoms with Crippen molar-refractivity contribution < 1.29 is 4.42 Å². The molecule has 296 valence electrons. The van der Waals surface area contributed by atoms with Crippen molar-refractivity contribution in [3.63, 3.8) is 0 Å². The second-order valence-corrected chi connectivity index (χ2v) is 17.6. The lowest BCUT2D eigenvalue weighted by Gasteiger charge is -2.18. The van der Waals surface area contributed by atoms with Crippen molar-refractivity contribution in [3.05, 3.63) is 216 Å². The van der Waals surface area contributed by atoms with E-state index in [0.717, 1.165) is 67.7 Å². The molecule has 0 amide bonds. The summed E-state index contributed by atoms with van der Waals surface area (Å²) in [7, 11) is 0. The number of benzene rings is 7. The smallest absolute Gasteiger partial charge is 0.135 e. The minimum Gasteiger partial charge on any atom is -0.456 e. The molecule has 5 aromatic heterocycles. The Morgan fingerprint density at radius 2 is 1.11 bits per heavy atom. The van der Waals surface area contributed by atoms with Gasteiger partial charge in [-0.1, -0.05) is 103 Å². The van der Waals surface area contributed by atoms with Gasteiger partial charge in [-0.2, -0.15) is 0 Å². The molecular weight excluding hydrogens is 787 g/mol. The molecule has 0 radical (unpaired) electrons. The fourth-order valence-electron chi connectivity index (χ4n) is 9.93. The van der Waals surface area contributed by atoms with Gasteiger partial charge in [-0.05, 0) is 136 Å². The summed E-state index contributed by atoms with van der Waals surface area (Å²) in [6, 6.07) is 65.3. The highest BCUT2D eigenvalue weighted by atomic mass is 32.1. The summed E-state index contributed by atoms with van der Waals surface area (Å²) in [5.41, 5.74) is 16.9. The molecule has 13 rings (SSSR count). The van der Waals surface area contributed by atoms with E-state index in [1.54, 1.807) is 0 Å². The molecule has 4 nitrogen and oxygen atoms in total. The fraction of sp³-hybridized carbons (Fsp3) is 0.0345. The average molecular weight is 824 g/mol. The van der Waals surface area contributed by atoms with Crippen LogP contribution >= 0.6 is 11.3 Å². The van der Waals surface area contributed by atoms with Gasteiger partial charge >= 0.3 is 0 Å². The highest BCUT2D eigenvalue weighted by Crippen LogP contribution is 2.44. The second kappa shape index (κ2) is 14.4. The monoisotopic (exact) mass is 823 g/mol. The van der Waals surface area contributed by atoms with Crippen LogP contribution in [0, 0.1) is 0 Å². The number of furan rings is 1. The van der Waals surface area contributed by atoms with Crippen molar-refractivity contribution in [2.24, 2.45) is 0 Å². The van der Waals surface area contributed by atoms with E-state index >= 15 is 0 Å². The van der Waals surface area contributed by atoms with Gasteiger partial charge < -0.3 is 8.98 Å². The van der Waals surface area contributed by atoms with E-state index < -0.39 is 0 Å². The molecule has 0 saturated heterocycles. The molecule has 5 heteroatoms. The summed E-state index contributed by atoms with van der Waals surface area (Å²) < 4.78 is 10.2. The first-order valence-electron chi connectivity index (χ1n) is 21.5. The third-order valence-electron chi connectivity index (χ3n) is 12.9. The van der Waals surface area contributed by atoms with Gasteiger partial charge in [0.2, 0.25) is 0 Å². The maximum absolute atomic E-state index is 6.46. The lowest BCUT2D eigenvalue weighted by Crippen LogP contribution is -2.04. The van der Waals surface area contributed by atoms with Crippen molar-refractivity contribution in [2.45, 2.75) is 12.3 Å². The Bertz CT molecular complexity index is 3780. The minimum absolute atomic E-state index is 0.261. The Hall–Kier alpha value is -7.86. The first kappa shape index (κ1) is 35.9. The van der Waals surface area contributed by atoms with Gasteiger partial charge in [0.05, 0.1) is 22.4 Å². The Morgan fingerprint density at radius 1 is 0.492 bits per heavy atom. The number of thiophene rings is 1. The summed E-state index contributed by atoms with van der Waals surface area (Å²) in [5, 5.41) is 6.05. The van der Waals surface area contributed by atoms with E-state index in [9.17, 15) is 0 Å². The van der Waals surface area contributed by atoms with Gasteiger partial charge in [0.25, 0.3) is 0 Å². The molecule has 0 saturated carbocycles. The van der Waals surface area contributed by atoms with Crippen LogP contribution in [0.25, 0.3) is 110 Å². The summed E-state index contributed by atoms with van der Waals surface area (Å²) in [6.07, 6.45) is 9.45. The number of hydrogen-bond donors (Lipinski definition) is 0. The maximum atomic E-state index is 6.46. The Kier molecular flexibility index (Phi) is 8.18. The molecule has 1 aliphatic rings. The first-order chi connectivity index (χ1) is 31.2. The van der Waals surface area contributed by atoms with Crippen molar-refractivity contribution in [1.29, 1.82) is 0 Å². The summed E-state index contributed by atoms with van der Waals surface area (Å²) in [5.74, 6) is 0.261. The molecule has 1 unspecified atom stereocenters. The fourth-order valence-corrected chi connectivity index (χ4v) is 11.1. The zero-order valence-corrected chi connectivity index (χ0v) is 34.9. The van der Waals surface area contributed by atoms with Gasteiger partial charge in [-0.15, -0.1) is 11.3 Å². The van der Waals surface area contributed by atoms with Crippen LogP contribution in [-0.2, 0) is 6.42 Å².